The van der Waals surface area contributed by atoms with Crippen molar-refractivity contribution in [3.05, 3.63) is 107 Å². The molecule has 0 N–H and O–H groups in total. The molecule has 0 radical (unpaired) electrons. The van der Waals surface area contributed by atoms with Crippen LogP contribution in [0.2, 0.25) is 0 Å². The number of benzene rings is 4. The van der Waals surface area contributed by atoms with Gasteiger partial charge in [-0.25, -0.2) is 13.8 Å². The molecule has 0 aliphatic heterocycles. The summed E-state index contributed by atoms with van der Waals surface area (Å²) >= 11 is 0. The summed E-state index contributed by atoms with van der Waals surface area (Å²) < 4.78 is 140. The van der Waals surface area contributed by atoms with Gasteiger partial charge in [-0.05, 0) is 36.4 Å². The zero-order valence-corrected chi connectivity index (χ0v) is 23.0. The maximum absolute atomic E-state index is 14.5. The summed E-state index contributed by atoms with van der Waals surface area (Å²) in [5.74, 6) is -1.19. The van der Waals surface area contributed by atoms with Gasteiger partial charge in [-0.1, -0.05) is 59.0 Å². The van der Waals surface area contributed by atoms with E-state index in [9.17, 15) is 43.9 Å². The van der Waals surface area contributed by atoms with Crippen LogP contribution in [0.4, 0.5) is 43.9 Å². The Morgan fingerprint density at radius 1 is 0.447 bits per heavy atom. The average Bonchev–Trinajstić information content (AvgIpc) is 3.64. The number of nitrogens with zero attached hydrogens (tertiary/aromatic N) is 6. The molecule has 2 heterocycles. The highest BCUT2D eigenvalue weighted by molar-refractivity contribution is 5.99. The monoisotopic (exact) mass is 660 g/mol. The Balaban J connectivity index is 1.53. The third-order valence-electron chi connectivity index (χ3n) is 7.49. The average molecular weight is 660 g/mol. The van der Waals surface area contributed by atoms with Gasteiger partial charge >= 0.3 is 18.5 Å². The molecule has 1 aliphatic rings. The highest BCUT2D eigenvalue weighted by Crippen LogP contribution is 2.48. The molecular weight excluding hydrogens is 646 g/mol. The molecule has 0 amide bonds. The first-order valence-corrected chi connectivity index (χ1v) is 13.4. The number of hydrogen-bond donors (Lipinski definition) is 0. The number of alkyl halides is 9. The van der Waals surface area contributed by atoms with E-state index in [0.717, 1.165) is 15.4 Å². The van der Waals surface area contributed by atoms with Crippen LogP contribution in [-0.2, 0) is 18.5 Å². The van der Waals surface area contributed by atoms with Crippen molar-refractivity contribution in [3.63, 3.8) is 0 Å². The fourth-order valence-electron chi connectivity index (χ4n) is 5.48. The number of fused-ring (bicyclic) bond motifs is 8. The van der Waals surface area contributed by atoms with E-state index in [2.05, 4.69) is 20.6 Å². The first-order valence-electron chi connectivity index (χ1n) is 13.4. The lowest BCUT2D eigenvalue weighted by Gasteiger charge is -2.19. The molecule has 16 heteroatoms. The topological polar surface area (TPSA) is 61.4 Å². The summed E-state index contributed by atoms with van der Waals surface area (Å²) in [6.45, 7) is 0. The molecule has 0 saturated carbocycles. The summed E-state index contributed by atoms with van der Waals surface area (Å²) in [7, 11) is 0. The summed E-state index contributed by atoms with van der Waals surface area (Å²) in [6, 6.07) is 15.3. The minimum Gasteiger partial charge on any atom is -0.212 e. The van der Waals surface area contributed by atoms with Crippen molar-refractivity contribution in [2.75, 3.05) is 0 Å². The van der Waals surface area contributed by atoms with Gasteiger partial charge in [-0.15, -0.1) is 10.2 Å². The SMILES string of the molecule is Fc1cc(-n2nnc3c2-c2ccccc2-c2nnn(-c4cc(C(F)(F)F)cc(C(F)(F)F)c4)c2-c2ccccc2-3)cc(C(F)(F)F)c1. The molecule has 6 nitrogen and oxygen atoms in total. The van der Waals surface area contributed by atoms with Crippen LogP contribution >= 0.6 is 0 Å². The van der Waals surface area contributed by atoms with E-state index >= 15 is 0 Å². The van der Waals surface area contributed by atoms with Crippen LogP contribution in [0.5, 0.6) is 0 Å². The first-order chi connectivity index (χ1) is 22.1. The molecule has 0 saturated heterocycles. The maximum atomic E-state index is 14.5. The predicted molar refractivity (Wildman–Crippen MR) is 147 cm³/mol. The van der Waals surface area contributed by atoms with E-state index in [1.54, 1.807) is 30.3 Å². The molecule has 0 unspecified atom stereocenters. The van der Waals surface area contributed by atoms with Crippen molar-refractivity contribution < 1.29 is 43.9 Å². The van der Waals surface area contributed by atoms with Gasteiger partial charge in [0.2, 0.25) is 0 Å². The van der Waals surface area contributed by atoms with E-state index < -0.39 is 46.7 Å². The van der Waals surface area contributed by atoms with Crippen molar-refractivity contribution in [2.24, 2.45) is 0 Å². The van der Waals surface area contributed by atoms with Gasteiger partial charge in [-0.2, -0.15) is 39.5 Å². The summed E-state index contributed by atoms with van der Waals surface area (Å²) in [5, 5.41) is 16.4. The van der Waals surface area contributed by atoms with Crippen molar-refractivity contribution in [1.29, 1.82) is 0 Å². The zero-order chi connectivity index (χ0) is 33.5. The Bertz CT molecular complexity index is 2150. The highest BCUT2D eigenvalue weighted by Gasteiger charge is 2.38. The van der Waals surface area contributed by atoms with Crippen molar-refractivity contribution in [2.45, 2.75) is 18.5 Å². The van der Waals surface area contributed by atoms with Crippen molar-refractivity contribution in [3.8, 4) is 56.4 Å². The Kier molecular flexibility index (Phi) is 6.56. The van der Waals surface area contributed by atoms with Gasteiger partial charge in [-0.3, -0.25) is 0 Å². The quantitative estimate of drug-likeness (QED) is 0.174. The molecule has 6 aromatic rings. The molecule has 0 atom stereocenters. The van der Waals surface area contributed by atoms with Crippen molar-refractivity contribution in [1.82, 2.24) is 30.0 Å². The number of halogens is 10. The molecule has 1 aliphatic carbocycles. The minimum atomic E-state index is -5.13. The van der Waals surface area contributed by atoms with Gasteiger partial charge < -0.3 is 0 Å². The fourth-order valence-corrected chi connectivity index (χ4v) is 5.48. The number of rotatable bonds is 2. The zero-order valence-electron chi connectivity index (χ0n) is 23.0. The van der Waals surface area contributed by atoms with Crippen LogP contribution in [0.1, 0.15) is 16.7 Å². The summed E-state index contributed by atoms with van der Waals surface area (Å²) in [5.41, 5.74) is -4.15. The van der Waals surface area contributed by atoms with Crippen LogP contribution in [0.15, 0.2) is 84.9 Å². The van der Waals surface area contributed by atoms with E-state index in [1.165, 1.54) is 18.2 Å². The Hall–Kier alpha value is -5.54. The lowest BCUT2D eigenvalue weighted by molar-refractivity contribution is -0.143. The third-order valence-corrected chi connectivity index (χ3v) is 7.49. The Labute approximate surface area is 256 Å². The smallest absolute Gasteiger partial charge is 0.212 e. The van der Waals surface area contributed by atoms with Gasteiger partial charge in [0.25, 0.3) is 0 Å². The van der Waals surface area contributed by atoms with Gasteiger partial charge in [0.1, 0.15) is 28.6 Å². The van der Waals surface area contributed by atoms with Gasteiger partial charge in [0.15, 0.2) is 0 Å². The molecule has 47 heavy (non-hydrogen) atoms. The first kappa shape index (κ1) is 30.1. The minimum absolute atomic E-state index is 0.00537. The second-order valence-electron chi connectivity index (χ2n) is 10.4. The lowest BCUT2D eigenvalue weighted by atomic mass is 9.89. The maximum Gasteiger partial charge on any atom is 0.416 e. The van der Waals surface area contributed by atoms with E-state index in [-0.39, 0.29) is 56.8 Å². The van der Waals surface area contributed by atoms with E-state index in [4.69, 9.17) is 0 Å². The van der Waals surface area contributed by atoms with Gasteiger partial charge in [0, 0.05) is 22.3 Å². The van der Waals surface area contributed by atoms with Crippen LogP contribution < -0.4 is 0 Å². The van der Waals surface area contributed by atoms with Crippen LogP contribution in [0, 0.1) is 5.82 Å². The molecule has 0 bridgehead atoms. The molecule has 7 rings (SSSR count). The number of aromatic nitrogens is 6. The second-order valence-corrected chi connectivity index (χ2v) is 10.4. The van der Waals surface area contributed by atoms with Gasteiger partial charge in [0.05, 0.1) is 28.1 Å². The molecular formula is C31H14F10N6. The molecule has 238 valence electrons. The van der Waals surface area contributed by atoms with Crippen LogP contribution in [-0.4, -0.2) is 30.0 Å². The molecule has 0 fully saturated rings. The second kappa shape index (κ2) is 10.2. The number of hydrogen-bond acceptors (Lipinski definition) is 4. The Morgan fingerprint density at radius 3 is 1.21 bits per heavy atom. The standard InChI is InChI=1S/C31H14F10N6/c32-18-10-17(31(39,40)41)13-20(14-18)47-28-24-8-4-2-6-22(24)25-27(23-7-3-1-5-21(23)26(28)43-45-47)46(44-42-25)19-11-15(29(33,34)35)9-16(12-19)30(36,37)38/h1-14H. The van der Waals surface area contributed by atoms with Crippen molar-refractivity contribution >= 4 is 0 Å². The van der Waals surface area contributed by atoms with E-state index in [1.807, 2.05) is 0 Å². The van der Waals surface area contributed by atoms with E-state index in [0.29, 0.717) is 24.3 Å². The fraction of sp³-hybridized carbons (Fsp3) is 0.0968. The predicted octanol–water partition coefficient (Wildman–Crippen LogP) is 9.02. The normalized spacial score (nSPS) is 12.9. The Morgan fingerprint density at radius 2 is 0.809 bits per heavy atom. The van der Waals surface area contributed by atoms with Crippen LogP contribution in [0.25, 0.3) is 56.4 Å². The third kappa shape index (κ3) is 5.09. The highest BCUT2D eigenvalue weighted by atomic mass is 19.4. The molecule has 2 aromatic heterocycles. The summed E-state index contributed by atoms with van der Waals surface area (Å²) in [6.07, 6.45) is -15.2. The largest absolute Gasteiger partial charge is 0.416 e. The lowest BCUT2D eigenvalue weighted by Crippen LogP contribution is -2.13. The molecule has 0 spiro atoms. The van der Waals surface area contributed by atoms with Crippen LogP contribution in [0.3, 0.4) is 0 Å². The molecule has 4 aromatic carbocycles. The summed E-state index contributed by atoms with van der Waals surface area (Å²) in [4.78, 5) is 0.